The number of hydrogen-bond donors (Lipinski definition) is 2. The summed E-state index contributed by atoms with van der Waals surface area (Å²) < 4.78 is 50.1. The molecule has 0 aliphatic heterocycles. The van der Waals surface area contributed by atoms with Gasteiger partial charge in [-0.25, -0.2) is 22.4 Å². The van der Waals surface area contributed by atoms with Crippen LogP contribution in [0, 0.1) is 11.6 Å². The Hall–Kier alpha value is -1.63. The van der Waals surface area contributed by atoms with Crippen molar-refractivity contribution in [3.05, 3.63) is 34.9 Å². The van der Waals surface area contributed by atoms with Gasteiger partial charge in [0, 0.05) is 11.1 Å². The van der Waals surface area contributed by atoms with Gasteiger partial charge in [0.2, 0.25) is 0 Å². The first-order valence-electron chi connectivity index (χ1n) is 4.02. The Morgan fingerprint density at radius 1 is 1.12 bits per heavy atom. The Balaban J connectivity index is 3.35. The van der Waals surface area contributed by atoms with Crippen LogP contribution in [0.3, 0.4) is 0 Å². The van der Waals surface area contributed by atoms with E-state index >= 15 is 0 Å². The van der Waals surface area contributed by atoms with Gasteiger partial charge in [0.05, 0.1) is 0 Å². The molecule has 1 aromatic carbocycles. The third kappa shape index (κ3) is 2.30. The summed E-state index contributed by atoms with van der Waals surface area (Å²) in [5.74, 6) is -4.86. The van der Waals surface area contributed by atoms with Crippen LogP contribution in [0.1, 0.15) is 23.7 Å². The normalized spacial score (nSPS) is 12.9. The standard InChI is InChI=1S/C9H6F4O3/c10-5-1-3(7(14)9(15)16)4(8(12)13)2-6(5)11/h1-2,7-8,14H,(H,15,16). The number of carboxylic acids is 1. The summed E-state index contributed by atoms with van der Waals surface area (Å²) in [6.45, 7) is 0. The first kappa shape index (κ1) is 12.4. The molecule has 0 radical (unpaired) electrons. The Bertz CT molecular complexity index is 419. The van der Waals surface area contributed by atoms with Gasteiger partial charge in [0.15, 0.2) is 17.7 Å². The largest absolute Gasteiger partial charge is 0.479 e. The van der Waals surface area contributed by atoms with Crippen LogP contribution in [0.4, 0.5) is 17.6 Å². The highest BCUT2D eigenvalue weighted by molar-refractivity contribution is 5.74. The number of hydrogen-bond acceptors (Lipinski definition) is 2. The number of benzene rings is 1. The molecule has 0 aliphatic carbocycles. The van der Waals surface area contributed by atoms with Crippen LogP contribution in [0.5, 0.6) is 0 Å². The number of aliphatic carboxylic acids is 1. The van der Waals surface area contributed by atoms with E-state index in [1.807, 2.05) is 0 Å². The van der Waals surface area contributed by atoms with E-state index in [4.69, 9.17) is 10.2 Å². The van der Waals surface area contributed by atoms with Gasteiger partial charge in [0.1, 0.15) is 0 Å². The molecule has 0 saturated heterocycles. The molecule has 0 aromatic heterocycles. The van der Waals surface area contributed by atoms with Crippen LogP contribution in [0.25, 0.3) is 0 Å². The lowest BCUT2D eigenvalue weighted by Gasteiger charge is -2.12. The van der Waals surface area contributed by atoms with Crippen molar-refractivity contribution in [3.8, 4) is 0 Å². The lowest BCUT2D eigenvalue weighted by molar-refractivity contribution is -0.147. The predicted octanol–water partition coefficient (Wildman–Crippen LogP) is 2.02. The van der Waals surface area contributed by atoms with E-state index in [1.165, 1.54) is 0 Å². The third-order valence-corrected chi connectivity index (χ3v) is 1.89. The van der Waals surface area contributed by atoms with Crippen molar-refractivity contribution in [2.24, 2.45) is 0 Å². The number of aliphatic hydroxyl groups excluding tert-OH is 1. The second-order valence-electron chi connectivity index (χ2n) is 2.94. The summed E-state index contributed by atoms with van der Waals surface area (Å²) in [6.07, 6.45) is -5.53. The van der Waals surface area contributed by atoms with E-state index < -0.39 is 41.3 Å². The maximum atomic E-state index is 12.7. The molecule has 1 atom stereocenters. The van der Waals surface area contributed by atoms with Crippen molar-refractivity contribution in [2.75, 3.05) is 0 Å². The second-order valence-corrected chi connectivity index (χ2v) is 2.94. The summed E-state index contributed by atoms with van der Waals surface area (Å²) in [5.41, 5.74) is -1.91. The van der Waals surface area contributed by atoms with Gasteiger partial charge in [0.25, 0.3) is 6.43 Å². The van der Waals surface area contributed by atoms with Crippen molar-refractivity contribution in [2.45, 2.75) is 12.5 Å². The summed E-state index contributed by atoms with van der Waals surface area (Å²) in [6, 6.07) is 0.414. The molecular formula is C9H6F4O3. The first-order valence-corrected chi connectivity index (χ1v) is 4.02. The highest BCUT2D eigenvalue weighted by Gasteiger charge is 2.25. The number of aliphatic hydroxyl groups is 1. The number of carbonyl (C=O) groups is 1. The molecule has 0 aliphatic rings. The van der Waals surface area contributed by atoms with Gasteiger partial charge >= 0.3 is 5.97 Å². The van der Waals surface area contributed by atoms with Crippen molar-refractivity contribution in [1.29, 1.82) is 0 Å². The molecular weight excluding hydrogens is 232 g/mol. The fraction of sp³-hybridized carbons (Fsp3) is 0.222. The molecule has 3 nitrogen and oxygen atoms in total. The molecule has 0 amide bonds. The van der Waals surface area contributed by atoms with E-state index in [-0.39, 0.29) is 12.1 Å². The van der Waals surface area contributed by atoms with E-state index in [0.29, 0.717) is 0 Å². The summed E-state index contributed by atoms with van der Waals surface area (Å²) in [4.78, 5) is 10.4. The molecule has 0 saturated carbocycles. The van der Waals surface area contributed by atoms with Crippen LogP contribution in [0.2, 0.25) is 0 Å². The Morgan fingerprint density at radius 3 is 1.94 bits per heavy atom. The second kappa shape index (κ2) is 4.48. The molecule has 2 N–H and O–H groups in total. The minimum Gasteiger partial charge on any atom is -0.479 e. The molecule has 0 spiro atoms. The van der Waals surface area contributed by atoms with Crippen LogP contribution in [0.15, 0.2) is 12.1 Å². The minimum atomic E-state index is -3.21. The lowest BCUT2D eigenvalue weighted by atomic mass is 10.0. The van der Waals surface area contributed by atoms with Crippen LogP contribution < -0.4 is 0 Å². The van der Waals surface area contributed by atoms with Crippen molar-refractivity contribution in [3.63, 3.8) is 0 Å². The van der Waals surface area contributed by atoms with Gasteiger partial charge in [-0.2, -0.15) is 0 Å². The zero-order chi connectivity index (χ0) is 12.5. The lowest BCUT2D eigenvalue weighted by Crippen LogP contribution is -2.14. The Labute approximate surface area is 86.9 Å². The smallest absolute Gasteiger partial charge is 0.337 e. The fourth-order valence-corrected chi connectivity index (χ4v) is 1.14. The third-order valence-electron chi connectivity index (χ3n) is 1.89. The summed E-state index contributed by atoms with van der Waals surface area (Å²) in [5, 5.41) is 17.4. The van der Waals surface area contributed by atoms with Gasteiger partial charge in [-0.15, -0.1) is 0 Å². The molecule has 0 fully saturated rings. The van der Waals surface area contributed by atoms with E-state index in [0.717, 1.165) is 0 Å². The van der Waals surface area contributed by atoms with Crippen molar-refractivity contribution >= 4 is 5.97 Å². The zero-order valence-electron chi connectivity index (χ0n) is 7.62. The monoisotopic (exact) mass is 238 g/mol. The Kier molecular flexibility index (Phi) is 3.48. The molecule has 16 heavy (non-hydrogen) atoms. The minimum absolute atomic E-state index is 0.168. The molecule has 1 rings (SSSR count). The van der Waals surface area contributed by atoms with Crippen LogP contribution >= 0.6 is 0 Å². The fourth-order valence-electron chi connectivity index (χ4n) is 1.14. The topological polar surface area (TPSA) is 57.5 Å². The summed E-state index contributed by atoms with van der Waals surface area (Å²) >= 11 is 0. The van der Waals surface area contributed by atoms with E-state index in [1.54, 1.807) is 0 Å². The van der Waals surface area contributed by atoms with Gasteiger partial charge in [-0.1, -0.05) is 0 Å². The average Bonchev–Trinajstić information content (AvgIpc) is 2.19. The Morgan fingerprint density at radius 2 is 1.56 bits per heavy atom. The first-order chi connectivity index (χ1) is 7.34. The molecule has 1 aromatic rings. The van der Waals surface area contributed by atoms with Crippen LogP contribution in [-0.2, 0) is 4.79 Å². The highest BCUT2D eigenvalue weighted by Crippen LogP contribution is 2.29. The van der Waals surface area contributed by atoms with Gasteiger partial charge < -0.3 is 10.2 Å². The highest BCUT2D eigenvalue weighted by atomic mass is 19.3. The molecule has 0 bridgehead atoms. The summed E-state index contributed by atoms with van der Waals surface area (Å²) in [7, 11) is 0. The maximum absolute atomic E-state index is 12.7. The number of carboxylic acid groups (broad SMARTS) is 1. The number of rotatable bonds is 3. The average molecular weight is 238 g/mol. The van der Waals surface area contributed by atoms with Crippen molar-refractivity contribution in [1.82, 2.24) is 0 Å². The number of alkyl halides is 2. The molecule has 0 heterocycles. The maximum Gasteiger partial charge on any atom is 0.337 e. The predicted molar refractivity (Wildman–Crippen MR) is 43.9 cm³/mol. The van der Waals surface area contributed by atoms with Gasteiger partial charge in [-0.3, -0.25) is 0 Å². The molecule has 1 unspecified atom stereocenters. The van der Waals surface area contributed by atoms with Crippen molar-refractivity contribution < 1.29 is 32.6 Å². The van der Waals surface area contributed by atoms with Crippen LogP contribution in [-0.4, -0.2) is 16.2 Å². The van der Waals surface area contributed by atoms with Gasteiger partial charge in [-0.05, 0) is 12.1 Å². The SMILES string of the molecule is O=C(O)C(O)c1cc(F)c(F)cc1C(F)F. The molecule has 88 valence electrons. The number of halogens is 4. The van der Waals surface area contributed by atoms with E-state index in [9.17, 15) is 22.4 Å². The zero-order valence-corrected chi connectivity index (χ0v) is 7.62. The molecule has 7 heteroatoms. The quantitative estimate of drug-likeness (QED) is 0.792. The van der Waals surface area contributed by atoms with E-state index in [2.05, 4.69) is 0 Å².